The van der Waals surface area contributed by atoms with E-state index in [1.807, 2.05) is 66.7 Å². The Morgan fingerprint density at radius 3 is 1.70 bits per heavy atom. The molecule has 0 radical (unpaired) electrons. The van der Waals surface area contributed by atoms with Crippen molar-refractivity contribution in [3.63, 3.8) is 0 Å². The Bertz CT molecular complexity index is 1800. The van der Waals surface area contributed by atoms with Crippen LogP contribution in [0, 0.1) is 0 Å². The van der Waals surface area contributed by atoms with Gasteiger partial charge in [-0.1, -0.05) is 42.5 Å². The summed E-state index contributed by atoms with van der Waals surface area (Å²) < 4.78 is 0. The van der Waals surface area contributed by atoms with Crippen LogP contribution in [0.4, 0.5) is 0 Å². The van der Waals surface area contributed by atoms with Gasteiger partial charge in [0.15, 0.2) is 0 Å². The van der Waals surface area contributed by atoms with E-state index in [4.69, 9.17) is 9.97 Å². The molecule has 0 aliphatic carbocycles. The largest absolute Gasteiger partial charge is 0.508 e. The van der Waals surface area contributed by atoms with Crippen LogP contribution in [0.1, 0.15) is 22.8 Å². The lowest BCUT2D eigenvalue weighted by molar-refractivity contribution is 0.475. The zero-order chi connectivity index (χ0) is 24.8. The molecule has 8 bridgehead atoms. The van der Waals surface area contributed by atoms with Gasteiger partial charge in [-0.2, -0.15) is 0 Å². The van der Waals surface area contributed by atoms with Crippen molar-refractivity contribution >= 4 is 46.4 Å². The van der Waals surface area contributed by atoms with E-state index in [-0.39, 0.29) is 5.75 Å². The molecule has 37 heavy (non-hydrogen) atoms. The van der Waals surface area contributed by atoms with Crippen LogP contribution in [-0.4, -0.2) is 25.0 Å². The molecule has 5 aromatic rings. The van der Waals surface area contributed by atoms with Crippen molar-refractivity contribution in [3.05, 3.63) is 114 Å². The Labute approximate surface area is 213 Å². The standard InChI is InChI=1S/C32H22N4O/c37-26-8-4-7-21(17-26)32-29-15-11-24(35-29)18-22-9-13-27(33-22)31(20-5-2-1-3-6-20)28-14-10-23(34-28)19-25-12-16-30(32)36-25/h1-19,35-37H. The van der Waals surface area contributed by atoms with E-state index in [9.17, 15) is 5.11 Å². The number of H-pyrrole nitrogens is 2. The van der Waals surface area contributed by atoms with Gasteiger partial charge in [-0.25, -0.2) is 9.97 Å². The van der Waals surface area contributed by atoms with Crippen molar-refractivity contribution in [1.29, 1.82) is 0 Å². The summed E-state index contributed by atoms with van der Waals surface area (Å²) in [6, 6.07) is 29.9. The van der Waals surface area contributed by atoms with Gasteiger partial charge < -0.3 is 15.1 Å². The Balaban J connectivity index is 1.58. The summed E-state index contributed by atoms with van der Waals surface area (Å²) in [5.41, 5.74) is 11.2. The minimum Gasteiger partial charge on any atom is -0.508 e. The molecule has 2 aliphatic heterocycles. The van der Waals surface area contributed by atoms with Gasteiger partial charge in [0.1, 0.15) is 5.75 Å². The fourth-order valence-electron chi connectivity index (χ4n) is 4.95. The van der Waals surface area contributed by atoms with Crippen LogP contribution in [0.2, 0.25) is 0 Å². The summed E-state index contributed by atoms with van der Waals surface area (Å²) in [6.07, 6.45) is 8.16. The van der Waals surface area contributed by atoms with Gasteiger partial charge in [-0.3, -0.25) is 0 Å². The lowest BCUT2D eigenvalue weighted by Gasteiger charge is -2.04. The lowest BCUT2D eigenvalue weighted by Crippen LogP contribution is -1.88. The number of rotatable bonds is 2. The third-order valence-corrected chi connectivity index (χ3v) is 6.60. The van der Waals surface area contributed by atoms with Gasteiger partial charge in [0, 0.05) is 33.2 Å². The number of fused-ring (bicyclic) bond motifs is 8. The Morgan fingerprint density at radius 2 is 1.11 bits per heavy atom. The highest BCUT2D eigenvalue weighted by Crippen LogP contribution is 2.33. The maximum atomic E-state index is 10.2. The Kier molecular flexibility index (Phi) is 4.86. The zero-order valence-electron chi connectivity index (χ0n) is 19.8. The smallest absolute Gasteiger partial charge is 0.116 e. The highest BCUT2D eigenvalue weighted by atomic mass is 16.3. The first-order chi connectivity index (χ1) is 18.2. The van der Waals surface area contributed by atoms with Crippen molar-refractivity contribution < 1.29 is 5.11 Å². The number of aromatic amines is 2. The molecular formula is C32H22N4O. The SMILES string of the molecule is Oc1cccc(-c2c3ccc(cc4nc(c(-c5ccccc5)c5nc(cc6ccc2[nH]6)C=C5)C=C4)[nH]3)c1. The van der Waals surface area contributed by atoms with Gasteiger partial charge in [0.05, 0.1) is 22.8 Å². The quantitative estimate of drug-likeness (QED) is 0.238. The average Bonchev–Trinajstić information content (AvgIpc) is 3.71. The molecule has 7 rings (SSSR count). The monoisotopic (exact) mass is 478 g/mol. The predicted molar refractivity (Wildman–Crippen MR) is 151 cm³/mol. The number of phenols is 1. The summed E-state index contributed by atoms with van der Waals surface area (Å²) in [5.74, 6) is 0.223. The van der Waals surface area contributed by atoms with Crippen molar-refractivity contribution in [2.24, 2.45) is 0 Å². The minimum absolute atomic E-state index is 0.223. The summed E-state index contributed by atoms with van der Waals surface area (Å²) in [6.45, 7) is 0. The molecule has 176 valence electrons. The van der Waals surface area contributed by atoms with Gasteiger partial charge >= 0.3 is 0 Å². The van der Waals surface area contributed by atoms with Crippen LogP contribution >= 0.6 is 0 Å². The molecule has 0 spiro atoms. The maximum absolute atomic E-state index is 10.2. The minimum atomic E-state index is 0.223. The summed E-state index contributed by atoms with van der Waals surface area (Å²) in [7, 11) is 0. The molecule has 0 amide bonds. The third-order valence-electron chi connectivity index (χ3n) is 6.60. The van der Waals surface area contributed by atoms with Gasteiger partial charge in [0.25, 0.3) is 0 Å². The van der Waals surface area contributed by atoms with Crippen molar-refractivity contribution in [1.82, 2.24) is 19.9 Å². The number of hydrogen-bond donors (Lipinski definition) is 3. The van der Waals surface area contributed by atoms with Crippen LogP contribution in [0.25, 0.3) is 68.6 Å². The average molecular weight is 479 g/mol. The number of benzene rings is 2. The van der Waals surface area contributed by atoms with Crippen molar-refractivity contribution in [3.8, 4) is 28.0 Å². The van der Waals surface area contributed by atoms with E-state index < -0.39 is 0 Å². The van der Waals surface area contributed by atoms with Crippen LogP contribution in [0.3, 0.4) is 0 Å². The van der Waals surface area contributed by atoms with E-state index in [1.54, 1.807) is 12.1 Å². The van der Waals surface area contributed by atoms with E-state index in [0.29, 0.717) is 0 Å². The van der Waals surface area contributed by atoms with Crippen LogP contribution in [0.15, 0.2) is 91.0 Å². The second-order valence-electron chi connectivity index (χ2n) is 9.12. The Hall–Kier alpha value is -5.16. The zero-order valence-corrected chi connectivity index (χ0v) is 19.8. The molecule has 3 aromatic heterocycles. The molecule has 3 N–H and O–H groups in total. The first kappa shape index (κ1) is 21.1. The van der Waals surface area contributed by atoms with Crippen LogP contribution < -0.4 is 0 Å². The molecule has 5 nitrogen and oxygen atoms in total. The fraction of sp³-hybridized carbons (Fsp3) is 0. The van der Waals surface area contributed by atoms with Crippen LogP contribution in [-0.2, 0) is 0 Å². The lowest BCUT2D eigenvalue weighted by atomic mass is 10.0. The molecule has 0 unspecified atom stereocenters. The number of phenolic OH excluding ortho intramolecular Hbond substituents is 1. The summed E-state index contributed by atoms with van der Waals surface area (Å²) in [5, 5.41) is 10.2. The normalized spacial score (nSPS) is 12.2. The number of hydrogen-bond acceptors (Lipinski definition) is 3. The number of aromatic nitrogens is 4. The number of nitrogens with one attached hydrogen (secondary N) is 2. The first-order valence-corrected chi connectivity index (χ1v) is 12.1. The van der Waals surface area contributed by atoms with E-state index in [1.165, 1.54) is 0 Å². The van der Waals surface area contributed by atoms with Gasteiger partial charge in [0.2, 0.25) is 0 Å². The molecule has 0 atom stereocenters. The number of aromatic hydroxyl groups is 1. The van der Waals surface area contributed by atoms with Crippen LogP contribution in [0.5, 0.6) is 5.75 Å². The molecule has 2 aromatic carbocycles. The van der Waals surface area contributed by atoms with E-state index >= 15 is 0 Å². The molecule has 0 saturated heterocycles. The van der Waals surface area contributed by atoms with Crippen molar-refractivity contribution in [2.45, 2.75) is 0 Å². The highest BCUT2D eigenvalue weighted by Gasteiger charge is 2.14. The maximum Gasteiger partial charge on any atom is 0.116 e. The molecule has 5 heterocycles. The number of nitrogens with zero attached hydrogens (tertiary/aromatic N) is 2. The first-order valence-electron chi connectivity index (χ1n) is 12.1. The van der Waals surface area contributed by atoms with E-state index in [0.717, 1.165) is 67.1 Å². The molecule has 5 heteroatoms. The summed E-state index contributed by atoms with van der Waals surface area (Å²) in [4.78, 5) is 17.0. The third kappa shape index (κ3) is 3.93. The fourth-order valence-corrected chi connectivity index (χ4v) is 4.95. The highest BCUT2D eigenvalue weighted by molar-refractivity contribution is 5.94. The van der Waals surface area contributed by atoms with Gasteiger partial charge in [-0.15, -0.1) is 0 Å². The Morgan fingerprint density at radius 1 is 0.514 bits per heavy atom. The second kappa shape index (κ2) is 8.50. The second-order valence-corrected chi connectivity index (χ2v) is 9.12. The predicted octanol–water partition coefficient (Wildman–Crippen LogP) is 7.70. The van der Waals surface area contributed by atoms with Gasteiger partial charge in [-0.05, 0) is 84.0 Å². The van der Waals surface area contributed by atoms with E-state index in [2.05, 4.69) is 46.4 Å². The summed E-state index contributed by atoms with van der Waals surface area (Å²) >= 11 is 0. The molecule has 2 aliphatic rings. The van der Waals surface area contributed by atoms with Crippen molar-refractivity contribution in [2.75, 3.05) is 0 Å². The topological polar surface area (TPSA) is 77.6 Å². The molecular weight excluding hydrogens is 456 g/mol. The molecule has 0 saturated carbocycles. The molecule has 0 fully saturated rings.